The number of carbonyl (C=O) groups excluding carboxylic acids is 3. The molecule has 220 valence electrons. The lowest BCUT2D eigenvalue weighted by molar-refractivity contribution is -0.333. The van der Waals surface area contributed by atoms with Gasteiger partial charge in [0.1, 0.15) is 12.2 Å². The topological polar surface area (TPSA) is 129 Å². The highest BCUT2D eigenvalue weighted by molar-refractivity contribution is 5.90. The summed E-state index contributed by atoms with van der Waals surface area (Å²) in [7, 11) is 0. The Morgan fingerprint density at radius 2 is 1.50 bits per heavy atom. The maximum Gasteiger partial charge on any atom is 0.338 e. The highest BCUT2D eigenvalue weighted by Crippen LogP contribution is 2.64. The first-order chi connectivity index (χ1) is 19.9. The van der Waals surface area contributed by atoms with E-state index in [9.17, 15) is 24.6 Å². The van der Waals surface area contributed by atoms with Gasteiger partial charge in [0.15, 0.2) is 18.0 Å². The normalized spacial score (nSPS) is 37.2. The minimum absolute atomic E-state index is 0.106. The van der Waals surface area contributed by atoms with E-state index in [0.717, 1.165) is 5.57 Å². The predicted octanol–water partition coefficient (Wildman–Crippen LogP) is 3.75. The minimum atomic E-state index is -1.89. The van der Waals surface area contributed by atoms with Crippen molar-refractivity contribution in [2.24, 2.45) is 17.3 Å². The molecule has 8 atom stereocenters. The van der Waals surface area contributed by atoms with E-state index in [2.05, 4.69) is 6.58 Å². The van der Waals surface area contributed by atoms with E-state index in [1.807, 2.05) is 6.92 Å². The zero-order valence-corrected chi connectivity index (χ0v) is 23.5. The molecule has 2 N–H and O–H groups in total. The Morgan fingerprint density at radius 1 is 0.929 bits per heavy atom. The van der Waals surface area contributed by atoms with E-state index in [4.69, 9.17) is 18.9 Å². The molecule has 6 rings (SSSR count). The van der Waals surface area contributed by atoms with Crippen LogP contribution in [0, 0.1) is 17.3 Å². The third-order valence-corrected chi connectivity index (χ3v) is 9.71. The highest BCUT2D eigenvalue weighted by Gasteiger charge is 2.71. The van der Waals surface area contributed by atoms with Crippen LogP contribution in [0.1, 0.15) is 53.8 Å². The second-order valence-corrected chi connectivity index (χ2v) is 12.1. The quantitative estimate of drug-likeness (QED) is 0.312. The van der Waals surface area contributed by atoms with E-state index in [1.165, 1.54) is 13.0 Å². The first-order valence-corrected chi connectivity index (χ1v) is 14.2. The molecule has 0 bridgehead atoms. The Bertz CT molecular complexity index is 1450. The molecule has 0 aromatic heterocycles. The molecule has 2 aromatic carbocycles. The second-order valence-electron chi connectivity index (χ2n) is 12.1. The number of rotatable bonds is 5. The van der Waals surface area contributed by atoms with Gasteiger partial charge in [-0.15, -0.1) is 0 Å². The summed E-state index contributed by atoms with van der Waals surface area (Å²) in [6.07, 6.45) is -0.968. The van der Waals surface area contributed by atoms with E-state index in [-0.39, 0.29) is 24.2 Å². The van der Waals surface area contributed by atoms with E-state index >= 15 is 0 Å². The van der Waals surface area contributed by atoms with Crippen LogP contribution < -0.4 is 0 Å². The fourth-order valence-corrected chi connectivity index (χ4v) is 7.40. The van der Waals surface area contributed by atoms with Crippen LogP contribution in [0.5, 0.6) is 0 Å². The van der Waals surface area contributed by atoms with E-state index in [1.54, 1.807) is 60.7 Å². The number of cyclic esters (lactones) is 1. The van der Waals surface area contributed by atoms with Gasteiger partial charge < -0.3 is 29.2 Å². The van der Waals surface area contributed by atoms with Gasteiger partial charge in [-0.25, -0.2) is 14.4 Å². The Kier molecular flexibility index (Phi) is 6.87. The Morgan fingerprint density at radius 3 is 2.05 bits per heavy atom. The molecular weight excluding hydrogens is 540 g/mol. The maximum absolute atomic E-state index is 13.5. The largest absolute Gasteiger partial charge is 0.458 e. The lowest BCUT2D eigenvalue weighted by Crippen LogP contribution is -2.74. The zero-order chi connectivity index (χ0) is 29.9. The van der Waals surface area contributed by atoms with Gasteiger partial charge in [0.25, 0.3) is 0 Å². The van der Waals surface area contributed by atoms with Crippen molar-refractivity contribution in [1.82, 2.24) is 0 Å². The fourth-order valence-electron chi connectivity index (χ4n) is 7.40. The van der Waals surface area contributed by atoms with E-state index in [0.29, 0.717) is 18.4 Å². The predicted molar refractivity (Wildman–Crippen MR) is 149 cm³/mol. The minimum Gasteiger partial charge on any atom is -0.458 e. The van der Waals surface area contributed by atoms with Crippen molar-refractivity contribution >= 4 is 17.9 Å². The number of carbonyl (C=O) groups is 3. The molecule has 8 unspecified atom stereocenters. The molecular formula is C33H34O9. The van der Waals surface area contributed by atoms with Crippen LogP contribution in [0.4, 0.5) is 0 Å². The summed E-state index contributed by atoms with van der Waals surface area (Å²) in [6.45, 7) is 7.67. The molecule has 0 amide bonds. The third kappa shape index (κ3) is 4.47. The van der Waals surface area contributed by atoms with Crippen molar-refractivity contribution in [3.05, 3.63) is 95.6 Å². The van der Waals surface area contributed by atoms with Crippen molar-refractivity contribution in [3.8, 4) is 0 Å². The Labute approximate surface area is 243 Å². The summed E-state index contributed by atoms with van der Waals surface area (Å²) < 4.78 is 23.7. The molecule has 2 aliphatic carbocycles. The zero-order valence-electron chi connectivity index (χ0n) is 23.5. The molecule has 4 aliphatic rings. The summed E-state index contributed by atoms with van der Waals surface area (Å²) in [5.74, 6) is -4.96. The summed E-state index contributed by atoms with van der Waals surface area (Å²) >= 11 is 0. The molecule has 2 aliphatic heterocycles. The first kappa shape index (κ1) is 28.3. The lowest BCUT2D eigenvalue weighted by atomic mass is 9.46. The number of hydrogen-bond donors (Lipinski definition) is 2. The smallest absolute Gasteiger partial charge is 0.338 e. The molecule has 9 nitrogen and oxygen atoms in total. The lowest BCUT2D eigenvalue weighted by Gasteiger charge is -2.65. The maximum atomic E-state index is 13.5. The Hall–Kier alpha value is -3.79. The molecule has 9 heteroatoms. The average Bonchev–Trinajstić information content (AvgIpc) is 3.43. The number of hydrogen-bond acceptors (Lipinski definition) is 9. The van der Waals surface area contributed by atoms with Crippen molar-refractivity contribution in [1.29, 1.82) is 0 Å². The SMILES string of the molecule is C=C1CCC2OC(O)(C3=CC(=O)OC3)CC3C2C1(C)C(OC(=O)c1ccccc1)C(OC(=O)c1ccccc1)C3(C)O. The van der Waals surface area contributed by atoms with Crippen molar-refractivity contribution < 1.29 is 43.5 Å². The van der Waals surface area contributed by atoms with Crippen LogP contribution in [-0.4, -0.2) is 64.4 Å². The van der Waals surface area contributed by atoms with Crippen LogP contribution in [0.3, 0.4) is 0 Å². The van der Waals surface area contributed by atoms with Gasteiger partial charge in [-0.1, -0.05) is 55.5 Å². The molecule has 2 saturated carbocycles. The fraction of sp³-hybridized carbons (Fsp3) is 0.424. The van der Waals surface area contributed by atoms with Crippen molar-refractivity contribution in [2.75, 3.05) is 6.61 Å². The van der Waals surface area contributed by atoms with Crippen molar-refractivity contribution in [3.63, 3.8) is 0 Å². The second kappa shape index (κ2) is 10.2. The van der Waals surface area contributed by atoms with Gasteiger partial charge in [-0.3, -0.25) is 0 Å². The third-order valence-electron chi connectivity index (χ3n) is 9.71. The Balaban J connectivity index is 1.46. The molecule has 2 heterocycles. The van der Waals surface area contributed by atoms with Crippen LogP contribution in [0.15, 0.2) is 84.5 Å². The molecule has 42 heavy (non-hydrogen) atoms. The van der Waals surface area contributed by atoms with Gasteiger partial charge in [0.2, 0.25) is 0 Å². The van der Waals surface area contributed by atoms with Crippen molar-refractivity contribution in [2.45, 2.75) is 62.8 Å². The first-order valence-electron chi connectivity index (χ1n) is 14.2. The van der Waals surface area contributed by atoms with Gasteiger partial charge in [-0.05, 0) is 44.0 Å². The summed E-state index contributed by atoms with van der Waals surface area (Å²) in [4.78, 5) is 38.9. The summed E-state index contributed by atoms with van der Waals surface area (Å²) in [5.41, 5.74) is -1.19. The standard InChI is InChI=1S/C33H34O9/c1-19-14-15-24-26-23(17-33(38,42-24)22-16-25(34)39-18-22)32(3,37)28(41-30(36)21-12-8-5-9-13-21)27(31(19,26)2)40-29(35)20-10-6-4-7-11-20/h4-13,16,23-24,26-28,37-38H,1,14-15,17-18H2,2-3H3. The van der Waals surface area contributed by atoms with Gasteiger partial charge >= 0.3 is 17.9 Å². The molecule has 2 aromatic rings. The van der Waals surface area contributed by atoms with Gasteiger partial charge in [-0.2, -0.15) is 0 Å². The summed E-state index contributed by atoms with van der Waals surface area (Å²) in [5, 5.41) is 24.2. The average molecular weight is 575 g/mol. The number of esters is 3. The molecule has 0 radical (unpaired) electrons. The number of ether oxygens (including phenoxy) is 4. The monoisotopic (exact) mass is 574 g/mol. The van der Waals surface area contributed by atoms with Gasteiger partial charge in [0.05, 0.1) is 17.2 Å². The van der Waals surface area contributed by atoms with E-state index < -0.39 is 64.9 Å². The van der Waals surface area contributed by atoms with Gasteiger partial charge in [0, 0.05) is 35.3 Å². The molecule has 0 spiro atoms. The van der Waals surface area contributed by atoms with Crippen LogP contribution in [0.25, 0.3) is 0 Å². The number of benzene rings is 2. The highest BCUT2D eigenvalue weighted by atomic mass is 16.6. The van der Waals surface area contributed by atoms with Crippen LogP contribution >= 0.6 is 0 Å². The summed E-state index contributed by atoms with van der Waals surface area (Å²) in [6, 6.07) is 16.8. The van der Waals surface area contributed by atoms with Crippen LogP contribution in [0.2, 0.25) is 0 Å². The molecule has 3 fully saturated rings. The number of aliphatic hydroxyl groups is 2. The molecule has 1 saturated heterocycles. The van der Waals surface area contributed by atoms with Crippen LogP contribution in [-0.2, 0) is 23.7 Å².